The van der Waals surface area contributed by atoms with E-state index in [0.717, 1.165) is 15.7 Å². The van der Waals surface area contributed by atoms with E-state index < -0.39 is 0 Å². The summed E-state index contributed by atoms with van der Waals surface area (Å²) in [5.41, 5.74) is 2.37. The summed E-state index contributed by atoms with van der Waals surface area (Å²) in [6.07, 6.45) is 1.38. The van der Waals surface area contributed by atoms with E-state index in [1.165, 1.54) is 6.33 Å². The van der Waals surface area contributed by atoms with Gasteiger partial charge in [0, 0.05) is 22.3 Å². The second-order valence-electron chi connectivity index (χ2n) is 5.01. The average molecular weight is 349 g/mol. The van der Waals surface area contributed by atoms with Gasteiger partial charge in [-0.2, -0.15) is 0 Å². The molecule has 0 aliphatic rings. The first-order valence-electron chi connectivity index (χ1n) is 6.62. The van der Waals surface area contributed by atoms with E-state index >= 15 is 0 Å². The van der Waals surface area contributed by atoms with Gasteiger partial charge in [0.1, 0.15) is 17.8 Å². The molecule has 0 unspecified atom stereocenters. The van der Waals surface area contributed by atoms with E-state index in [-0.39, 0.29) is 11.9 Å². The number of amides is 1. The molecule has 21 heavy (non-hydrogen) atoms. The highest BCUT2D eigenvalue weighted by Crippen LogP contribution is 2.22. The van der Waals surface area contributed by atoms with Crippen LogP contribution in [0.2, 0.25) is 0 Å². The average Bonchev–Trinajstić information content (AvgIpc) is 2.42. The molecule has 0 atom stereocenters. The Hall–Kier alpha value is -1.95. The molecule has 0 spiro atoms. The summed E-state index contributed by atoms with van der Waals surface area (Å²) in [4.78, 5) is 20.1. The SMILES string of the molecule is Cc1cc(Nc2cc(C(=O)NC(C)C)ncn2)ccc1Br. The number of benzene rings is 1. The summed E-state index contributed by atoms with van der Waals surface area (Å²) < 4.78 is 1.05. The molecule has 1 heterocycles. The quantitative estimate of drug-likeness (QED) is 0.888. The molecule has 0 aliphatic heterocycles. The van der Waals surface area contributed by atoms with Gasteiger partial charge in [-0.05, 0) is 44.5 Å². The van der Waals surface area contributed by atoms with Crippen molar-refractivity contribution in [3.05, 3.63) is 46.3 Å². The van der Waals surface area contributed by atoms with Gasteiger partial charge in [-0.1, -0.05) is 15.9 Å². The highest BCUT2D eigenvalue weighted by atomic mass is 79.9. The third-order valence-electron chi connectivity index (χ3n) is 2.75. The Bertz CT molecular complexity index is 658. The minimum Gasteiger partial charge on any atom is -0.349 e. The van der Waals surface area contributed by atoms with Crippen molar-refractivity contribution in [3.8, 4) is 0 Å². The highest BCUT2D eigenvalue weighted by molar-refractivity contribution is 9.10. The van der Waals surface area contributed by atoms with E-state index in [2.05, 4.69) is 36.5 Å². The van der Waals surface area contributed by atoms with Gasteiger partial charge < -0.3 is 10.6 Å². The molecule has 0 fully saturated rings. The molecule has 1 aromatic heterocycles. The van der Waals surface area contributed by atoms with Crippen LogP contribution in [0.15, 0.2) is 35.1 Å². The number of aryl methyl sites for hydroxylation is 1. The third-order valence-corrected chi connectivity index (χ3v) is 3.64. The molecular formula is C15H17BrN4O. The van der Waals surface area contributed by atoms with E-state index in [4.69, 9.17) is 0 Å². The number of rotatable bonds is 4. The fourth-order valence-electron chi connectivity index (χ4n) is 1.76. The predicted molar refractivity (Wildman–Crippen MR) is 86.8 cm³/mol. The highest BCUT2D eigenvalue weighted by Gasteiger charge is 2.10. The Morgan fingerprint density at radius 2 is 2.00 bits per heavy atom. The Kier molecular flexibility index (Phi) is 4.90. The second-order valence-corrected chi connectivity index (χ2v) is 5.86. The molecule has 1 amide bonds. The van der Waals surface area contributed by atoms with Gasteiger partial charge >= 0.3 is 0 Å². The van der Waals surface area contributed by atoms with Crippen LogP contribution in [0.5, 0.6) is 0 Å². The summed E-state index contributed by atoms with van der Waals surface area (Å²) in [6.45, 7) is 5.82. The van der Waals surface area contributed by atoms with E-state index in [9.17, 15) is 4.79 Å². The lowest BCUT2D eigenvalue weighted by Crippen LogP contribution is -2.30. The predicted octanol–water partition coefficient (Wildman–Crippen LogP) is 3.43. The van der Waals surface area contributed by atoms with Crippen molar-refractivity contribution in [2.45, 2.75) is 26.8 Å². The lowest BCUT2D eigenvalue weighted by atomic mass is 10.2. The molecule has 0 bridgehead atoms. The third kappa shape index (κ3) is 4.26. The first-order chi connectivity index (χ1) is 9.95. The van der Waals surface area contributed by atoms with Gasteiger partial charge in [0.15, 0.2) is 0 Å². The number of hydrogen-bond donors (Lipinski definition) is 2. The Balaban J connectivity index is 2.17. The lowest BCUT2D eigenvalue weighted by Gasteiger charge is -2.10. The maximum atomic E-state index is 11.9. The number of carbonyl (C=O) groups excluding carboxylic acids is 1. The molecule has 5 nitrogen and oxygen atoms in total. The minimum absolute atomic E-state index is 0.0676. The van der Waals surface area contributed by atoms with Gasteiger partial charge in [0.2, 0.25) is 0 Å². The van der Waals surface area contributed by atoms with Crippen molar-refractivity contribution in [1.29, 1.82) is 0 Å². The smallest absolute Gasteiger partial charge is 0.270 e. The Labute approximate surface area is 132 Å². The first kappa shape index (κ1) is 15.4. The van der Waals surface area contributed by atoms with Gasteiger partial charge in [0.05, 0.1) is 0 Å². The van der Waals surface area contributed by atoms with Gasteiger partial charge in [-0.15, -0.1) is 0 Å². The number of nitrogens with one attached hydrogen (secondary N) is 2. The maximum absolute atomic E-state index is 11.9. The van der Waals surface area contributed by atoms with Crippen molar-refractivity contribution in [2.75, 3.05) is 5.32 Å². The first-order valence-corrected chi connectivity index (χ1v) is 7.41. The van der Waals surface area contributed by atoms with Crippen LogP contribution in [0.3, 0.4) is 0 Å². The maximum Gasteiger partial charge on any atom is 0.270 e. The van der Waals surface area contributed by atoms with Crippen molar-refractivity contribution < 1.29 is 4.79 Å². The summed E-state index contributed by atoms with van der Waals surface area (Å²) >= 11 is 3.46. The molecular weight excluding hydrogens is 332 g/mol. The van der Waals surface area contributed by atoms with Crippen LogP contribution in [0.4, 0.5) is 11.5 Å². The van der Waals surface area contributed by atoms with Crippen molar-refractivity contribution in [2.24, 2.45) is 0 Å². The summed E-state index contributed by atoms with van der Waals surface area (Å²) in [6, 6.07) is 7.60. The van der Waals surface area contributed by atoms with Crippen LogP contribution < -0.4 is 10.6 Å². The van der Waals surface area contributed by atoms with Crippen LogP contribution >= 0.6 is 15.9 Å². The largest absolute Gasteiger partial charge is 0.349 e. The minimum atomic E-state index is -0.206. The molecule has 2 aromatic rings. The number of carbonyl (C=O) groups is 1. The van der Waals surface area contributed by atoms with Crippen molar-refractivity contribution >= 4 is 33.3 Å². The van der Waals surface area contributed by atoms with Crippen LogP contribution in [-0.4, -0.2) is 21.9 Å². The number of aromatic nitrogens is 2. The van der Waals surface area contributed by atoms with Gasteiger partial charge in [0.25, 0.3) is 5.91 Å². The molecule has 0 saturated carbocycles. The molecule has 2 N–H and O–H groups in total. The van der Waals surface area contributed by atoms with Crippen molar-refractivity contribution in [1.82, 2.24) is 15.3 Å². The molecule has 1 aromatic carbocycles. The summed E-state index contributed by atoms with van der Waals surface area (Å²) in [5.74, 6) is 0.378. The van der Waals surface area contributed by atoms with E-state index in [1.807, 2.05) is 39.0 Å². The fourth-order valence-corrected chi connectivity index (χ4v) is 2.00. The molecule has 6 heteroatoms. The molecule has 0 aliphatic carbocycles. The number of halogens is 1. The molecule has 0 saturated heterocycles. The topological polar surface area (TPSA) is 66.9 Å². The van der Waals surface area contributed by atoms with Crippen LogP contribution in [0.25, 0.3) is 0 Å². The Morgan fingerprint density at radius 3 is 2.67 bits per heavy atom. The van der Waals surface area contributed by atoms with Crippen LogP contribution in [-0.2, 0) is 0 Å². The molecule has 2 rings (SSSR count). The standard InChI is InChI=1S/C15H17BrN4O/c1-9(2)19-15(21)13-7-14(18-8-17-13)20-11-4-5-12(16)10(3)6-11/h4-9H,1-3H3,(H,19,21)(H,17,18,20). The zero-order valence-electron chi connectivity index (χ0n) is 12.1. The number of hydrogen-bond acceptors (Lipinski definition) is 4. The number of anilines is 2. The zero-order valence-corrected chi connectivity index (χ0v) is 13.7. The normalized spacial score (nSPS) is 10.5. The molecule has 110 valence electrons. The zero-order chi connectivity index (χ0) is 15.4. The van der Waals surface area contributed by atoms with Gasteiger partial charge in [-0.25, -0.2) is 9.97 Å². The summed E-state index contributed by atoms with van der Waals surface area (Å²) in [7, 11) is 0. The van der Waals surface area contributed by atoms with Crippen molar-refractivity contribution in [3.63, 3.8) is 0 Å². The summed E-state index contributed by atoms with van der Waals surface area (Å²) in [5, 5.41) is 5.97. The monoisotopic (exact) mass is 348 g/mol. The molecule has 0 radical (unpaired) electrons. The van der Waals surface area contributed by atoms with Gasteiger partial charge in [-0.3, -0.25) is 4.79 Å². The van der Waals surface area contributed by atoms with E-state index in [1.54, 1.807) is 6.07 Å². The van der Waals surface area contributed by atoms with Crippen LogP contribution in [0.1, 0.15) is 29.9 Å². The second kappa shape index (κ2) is 6.67. The number of nitrogens with zero attached hydrogens (tertiary/aromatic N) is 2. The van der Waals surface area contributed by atoms with E-state index in [0.29, 0.717) is 11.5 Å². The Morgan fingerprint density at radius 1 is 1.24 bits per heavy atom. The fraction of sp³-hybridized carbons (Fsp3) is 0.267. The van der Waals surface area contributed by atoms with Crippen LogP contribution in [0, 0.1) is 6.92 Å². The lowest BCUT2D eigenvalue weighted by molar-refractivity contribution is 0.0938.